The molecule has 1 saturated heterocycles. The van der Waals surface area contributed by atoms with Crippen molar-refractivity contribution in [2.45, 2.75) is 31.7 Å². The molecule has 13 heteroatoms. The molecule has 1 fully saturated rings. The van der Waals surface area contributed by atoms with E-state index in [0.717, 1.165) is 0 Å². The topological polar surface area (TPSA) is 69.0 Å². The Morgan fingerprint density at radius 1 is 1.23 bits per heavy atom. The Balaban J connectivity index is 1.57. The first-order chi connectivity index (χ1) is 14.0. The highest BCUT2D eigenvalue weighted by Crippen LogP contribution is 2.34. The van der Waals surface area contributed by atoms with Gasteiger partial charge in [0, 0.05) is 23.7 Å². The molecule has 4 heterocycles. The fraction of sp³-hybridized carbons (Fsp3) is 0.412. The van der Waals surface area contributed by atoms with E-state index in [2.05, 4.69) is 20.1 Å². The van der Waals surface area contributed by atoms with Gasteiger partial charge in [-0.1, -0.05) is 11.6 Å². The summed E-state index contributed by atoms with van der Waals surface area (Å²) >= 11 is 5.88. The molecule has 0 radical (unpaired) electrons. The van der Waals surface area contributed by atoms with Crippen LogP contribution in [0.2, 0.25) is 5.15 Å². The van der Waals surface area contributed by atoms with Gasteiger partial charge in [0.05, 0.1) is 24.8 Å². The van der Waals surface area contributed by atoms with Gasteiger partial charge in [0.1, 0.15) is 23.3 Å². The lowest BCUT2D eigenvalue weighted by Crippen LogP contribution is -2.36. The van der Waals surface area contributed by atoms with E-state index in [1.54, 1.807) is 6.92 Å². The number of hydrogen-bond donors (Lipinski definition) is 0. The van der Waals surface area contributed by atoms with E-state index in [4.69, 9.17) is 16.3 Å². The summed E-state index contributed by atoms with van der Waals surface area (Å²) < 4.78 is 73.3. The number of pyridine rings is 1. The van der Waals surface area contributed by atoms with Crippen LogP contribution in [0.25, 0.3) is 10.9 Å². The van der Waals surface area contributed by atoms with Gasteiger partial charge in [-0.25, -0.2) is 23.7 Å². The highest BCUT2D eigenvalue weighted by Gasteiger charge is 2.50. The molecule has 0 aromatic carbocycles. The van der Waals surface area contributed by atoms with Gasteiger partial charge in [0.25, 0.3) is 0 Å². The highest BCUT2D eigenvalue weighted by atomic mass is 35.5. The second kappa shape index (κ2) is 7.18. The first-order valence-corrected chi connectivity index (χ1v) is 9.07. The van der Waals surface area contributed by atoms with Gasteiger partial charge < -0.3 is 9.64 Å². The fourth-order valence-electron chi connectivity index (χ4n) is 3.19. The van der Waals surface area contributed by atoms with Gasteiger partial charge in [-0.05, 0) is 6.92 Å². The number of anilines is 1. The van der Waals surface area contributed by atoms with Gasteiger partial charge in [-0.2, -0.15) is 18.3 Å². The van der Waals surface area contributed by atoms with Crippen molar-refractivity contribution in [3.05, 3.63) is 35.5 Å². The van der Waals surface area contributed by atoms with Crippen LogP contribution in [0.1, 0.15) is 5.82 Å². The summed E-state index contributed by atoms with van der Waals surface area (Å²) in [5.74, 6) is -2.93. The van der Waals surface area contributed by atoms with Gasteiger partial charge >= 0.3 is 12.1 Å². The molecular formula is C17H14ClF5N6O. The van der Waals surface area contributed by atoms with E-state index >= 15 is 0 Å². The number of alkyl halides is 5. The molecule has 1 aliphatic rings. The monoisotopic (exact) mass is 448 g/mol. The summed E-state index contributed by atoms with van der Waals surface area (Å²) in [6, 6.07) is 2.53. The SMILES string of the molecule is Cc1nc(Cl)cc(N2CC(Oc3cc4c(cn3)cnn4CC(F)(F)F)C(F)(F)C2)n1. The summed E-state index contributed by atoms with van der Waals surface area (Å²) in [6.45, 7) is -0.623. The average Bonchev–Trinajstić information content (AvgIpc) is 3.13. The standard InChI is InChI=1S/C17H14ClF5N6O/c1-9-26-13(18)3-14(27-9)28-6-12(16(19,20)7-28)30-15-2-11-10(4-24-15)5-25-29(11)8-17(21,22)23/h2-5,12H,6-8H2,1H3. The second-order valence-electron chi connectivity index (χ2n) is 6.84. The van der Waals surface area contributed by atoms with Crippen molar-refractivity contribution in [2.24, 2.45) is 0 Å². The number of nitrogens with zero attached hydrogens (tertiary/aromatic N) is 6. The Bertz CT molecular complexity index is 1070. The van der Waals surface area contributed by atoms with Crippen LogP contribution in [-0.2, 0) is 6.54 Å². The van der Waals surface area contributed by atoms with E-state index in [-0.39, 0.29) is 28.9 Å². The molecule has 0 bridgehead atoms. The molecular weight excluding hydrogens is 435 g/mol. The molecule has 3 aromatic heterocycles. The molecule has 0 spiro atoms. The van der Waals surface area contributed by atoms with Crippen molar-refractivity contribution in [1.29, 1.82) is 0 Å². The number of halogens is 6. The molecule has 0 amide bonds. The molecule has 7 nitrogen and oxygen atoms in total. The van der Waals surface area contributed by atoms with Crippen molar-refractivity contribution in [3.63, 3.8) is 0 Å². The Labute approximate surface area is 171 Å². The number of fused-ring (bicyclic) bond motifs is 1. The van der Waals surface area contributed by atoms with Gasteiger partial charge in [-0.3, -0.25) is 4.68 Å². The number of hydrogen-bond acceptors (Lipinski definition) is 6. The molecule has 1 atom stereocenters. The van der Waals surface area contributed by atoms with E-state index < -0.39 is 31.3 Å². The van der Waals surface area contributed by atoms with E-state index in [1.165, 1.54) is 29.4 Å². The van der Waals surface area contributed by atoms with E-state index in [1.807, 2.05) is 0 Å². The van der Waals surface area contributed by atoms with Crippen LogP contribution in [0.15, 0.2) is 24.5 Å². The lowest BCUT2D eigenvalue weighted by atomic mass is 10.2. The van der Waals surface area contributed by atoms with Crippen molar-refractivity contribution in [2.75, 3.05) is 18.0 Å². The van der Waals surface area contributed by atoms with Crippen LogP contribution in [0, 0.1) is 6.92 Å². The third-order valence-electron chi connectivity index (χ3n) is 4.47. The van der Waals surface area contributed by atoms with Crippen molar-refractivity contribution in [1.82, 2.24) is 24.7 Å². The number of rotatable bonds is 4. The lowest BCUT2D eigenvalue weighted by molar-refractivity contribution is -0.141. The van der Waals surface area contributed by atoms with Crippen LogP contribution in [0.3, 0.4) is 0 Å². The molecule has 0 saturated carbocycles. The average molecular weight is 449 g/mol. The van der Waals surface area contributed by atoms with Crippen LogP contribution in [-0.4, -0.2) is 56.0 Å². The maximum Gasteiger partial charge on any atom is 0.408 e. The van der Waals surface area contributed by atoms with Crippen molar-refractivity contribution < 1.29 is 26.7 Å². The third kappa shape index (κ3) is 4.23. The predicted octanol–water partition coefficient (Wildman–Crippen LogP) is 3.65. The van der Waals surface area contributed by atoms with E-state index in [0.29, 0.717) is 15.9 Å². The van der Waals surface area contributed by atoms with Gasteiger partial charge in [0.2, 0.25) is 5.88 Å². The van der Waals surface area contributed by atoms with Crippen molar-refractivity contribution >= 4 is 28.3 Å². The minimum absolute atomic E-state index is 0.0775. The minimum atomic E-state index is -4.49. The minimum Gasteiger partial charge on any atom is -0.466 e. The number of ether oxygens (including phenoxy) is 1. The zero-order valence-electron chi connectivity index (χ0n) is 15.4. The Morgan fingerprint density at radius 3 is 2.70 bits per heavy atom. The van der Waals surface area contributed by atoms with Gasteiger partial charge in [-0.15, -0.1) is 0 Å². The Kier molecular flexibility index (Phi) is 4.91. The zero-order valence-corrected chi connectivity index (χ0v) is 16.1. The first kappa shape index (κ1) is 20.5. The largest absolute Gasteiger partial charge is 0.466 e. The molecule has 0 N–H and O–H groups in total. The zero-order chi connectivity index (χ0) is 21.7. The predicted molar refractivity (Wildman–Crippen MR) is 96.9 cm³/mol. The quantitative estimate of drug-likeness (QED) is 0.448. The van der Waals surface area contributed by atoms with E-state index in [9.17, 15) is 22.0 Å². The summed E-state index contributed by atoms with van der Waals surface area (Å²) in [5, 5.41) is 4.12. The third-order valence-corrected chi connectivity index (χ3v) is 4.66. The van der Waals surface area contributed by atoms with Crippen LogP contribution in [0.5, 0.6) is 5.88 Å². The number of aryl methyl sites for hydroxylation is 1. The second-order valence-corrected chi connectivity index (χ2v) is 7.23. The smallest absolute Gasteiger partial charge is 0.408 e. The maximum absolute atomic E-state index is 14.5. The van der Waals surface area contributed by atoms with Crippen LogP contribution >= 0.6 is 11.6 Å². The summed E-state index contributed by atoms with van der Waals surface area (Å²) in [7, 11) is 0. The molecule has 1 aliphatic heterocycles. The van der Waals surface area contributed by atoms with Gasteiger partial charge in [0.15, 0.2) is 6.10 Å². The molecule has 160 valence electrons. The van der Waals surface area contributed by atoms with Crippen LogP contribution < -0.4 is 9.64 Å². The number of aromatic nitrogens is 5. The fourth-order valence-corrected chi connectivity index (χ4v) is 3.41. The molecule has 4 rings (SSSR count). The van der Waals surface area contributed by atoms with Crippen LogP contribution in [0.4, 0.5) is 27.8 Å². The highest BCUT2D eigenvalue weighted by molar-refractivity contribution is 6.29. The Hall–Kier alpha value is -2.76. The maximum atomic E-state index is 14.5. The lowest BCUT2D eigenvalue weighted by Gasteiger charge is -2.18. The summed E-state index contributed by atoms with van der Waals surface area (Å²) in [5.41, 5.74) is 0.0775. The summed E-state index contributed by atoms with van der Waals surface area (Å²) in [4.78, 5) is 13.2. The molecule has 1 unspecified atom stereocenters. The summed E-state index contributed by atoms with van der Waals surface area (Å²) in [6.07, 6.45) is -3.64. The molecule has 0 aliphatic carbocycles. The molecule has 30 heavy (non-hydrogen) atoms. The normalized spacial score (nSPS) is 18.9. The Morgan fingerprint density at radius 2 is 2.00 bits per heavy atom. The first-order valence-electron chi connectivity index (χ1n) is 8.69. The molecule has 3 aromatic rings. The van der Waals surface area contributed by atoms with Crippen molar-refractivity contribution in [3.8, 4) is 5.88 Å².